The molecule has 0 heterocycles. The quantitative estimate of drug-likeness (QED) is 0.287. The molecule has 0 saturated heterocycles. The number of likely N-dealkylation sites (N-methyl/N-ethyl adjacent to an activating group) is 2. The van der Waals surface area contributed by atoms with Crippen molar-refractivity contribution in [3.8, 4) is 11.1 Å². The molecule has 0 saturated carbocycles. The Labute approximate surface area is 249 Å². The van der Waals surface area contributed by atoms with E-state index in [0.717, 1.165) is 22.4 Å². The molecule has 0 bridgehead atoms. The Balaban J connectivity index is 1.85. The van der Waals surface area contributed by atoms with E-state index in [1.54, 1.807) is 40.0 Å². The summed E-state index contributed by atoms with van der Waals surface area (Å²) in [5.41, 5.74) is 3.27. The Bertz CT molecular complexity index is 1420. The van der Waals surface area contributed by atoms with Gasteiger partial charge in [0.15, 0.2) is 0 Å². The summed E-state index contributed by atoms with van der Waals surface area (Å²) in [5.74, 6) is -0.861. The van der Waals surface area contributed by atoms with Crippen LogP contribution < -0.4 is 10.2 Å². The Hall–Kier alpha value is -4.33. The molecule has 8 heteroatoms. The van der Waals surface area contributed by atoms with Crippen molar-refractivity contribution in [2.45, 2.75) is 59.7 Å². The van der Waals surface area contributed by atoms with Crippen molar-refractivity contribution in [2.75, 3.05) is 37.4 Å². The van der Waals surface area contributed by atoms with E-state index in [4.69, 9.17) is 9.47 Å². The van der Waals surface area contributed by atoms with Gasteiger partial charge in [-0.1, -0.05) is 42.5 Å². The van der Waals surface area contributed by atoms with E-state index in [0.29, 0.717) is 24.3 Å². The van der Waals surface area contributed by atoms with Gasteiger partial charge in [0, 0.05) is 38.4 Å². The van der Waals surface area contributed by atoms with Crippen LogP contribution in [0, 0.1) is 6.92 Å². The molecular weight excluding hydrogens is 530 g/mol. The van der Waals surface area contributed by atoms with Gasteiger partial charge in [-0.25, -0.2) is 9.59 Å². The van der Waals surface area contributed by atoms with Gasteiger partial charge < -0.3 is 24.6 Å². The molecule has 42 heavy (non-hydrogen) atoms. The highest BCUT2D eigenvalue weighted by molar-refractivity contribution is 6.09. The SMILES string of the molecule is Cc1ccc(N(C)CCN(C)C(=O)OC(C)(C)C)cc1C(=O)Nc1cc(-c2ccccc2)ccc1C(=O)OC(C)(C)C. The molecule has 0 unspecified atom stereocenters. The zero-order valence-corrected chi connectivity index (χ0v) is 26.2. The van der Waals surface area contributed by atoms with Gasteiger partial charge in [0.1, 0.15) is 11.2 Å². The Kier molecular flexibility index (Phi) is 10.0. The summed E-state index contributed by atoms with van der Waals surface area (Å²) in [4.78, 5) is 42.6. The molecule has 224 valence electrons. The van der Waals surface area contributed by atoms with E-state index in [9.17, 15) is 14.4 Å². The molecular formula is C34H43N3O5. The van der Waals surface area contributed by atoms with Crippen molar-refractivity contribution < 1.29 is 23.9 Å². The molecule has 0 spiro atoms. The van der Waals surface area contributed by atoms with Gasteiger partial charge in [-0.3, -0.25) is 4.79 Å². The third-order valence-corrected chi connectivity index (χ3v) is 6.38. The lowest BCUT2D eigenvalue weighted by Crippen LogP contribution is -2.38. The molecule has 3 aromatic carbocycles. The number of nitrogens with zero attached hydrogens (tertiary/aromatic N) is 2. The molecule has 0 aromatic heterocycles. The van der Waals surface area contributed by atoms with E-state index in [-0.39, 0.29) is 11.5 Å². The topological polar surface area (TPSA) is 88.2 Å². The highest BCUT2D eigenvalue weighted by Crippen LogP contribution is 2.29. The lowest BCUT2D eigenvalue weighted by Gasteiger charge is -2.27. The van der Waals surface area contributed by atoms with Gasteiger partial charge in [0.2, 0.25) is 0 Å². The number of rotatable bonds is 8. The number of amides is 2. The zero-order chi connectivity index (χ0) is 31.2. The van der Waals surface area contributed by atoms with Crippen LogP contribution >= 0.6 is 0 Å². The van der Waals surface area contributed by atoms with E-state index in [1.165, 1.54) is 4.90 Å². The fraction of sp³-hybridized carbons (Fsp3) is 0.382. The van der Waals surface area contributed by atoms with Gasteiger partial charge in [-0.2, -0.15) is 0 Å². The summed E-state index contributed by atoms with van der Waals surface area (Å²) >= 11 is 0. The largest absolute Gasteiger partial charge is 0.456 e. The minimum Gasteiger partial charge on any atom is -0.456 e. The summed E-state index contributed by atoms with van der Waals surface area (Å²) in [7, 11) is 3.60. The molecule has 2 amide bonds. The normalized spacial score (nSPS) is 11.5. The number of anilines is 2. The first-order valence-corrected chi connectivity index (χ1v) is 14.0. The second-order valence-corrected chi connectivity index (χ2v) is 12.4. The molecule has 1 N–H and O–H groups in total. The third kappa shape index (κ3) is 9.09. The minimum atomic E-state index is -0.691. The average Bonchev–Trinajstić information content (AvgIpc) is 2.90. The maximum absolute atomic E-state index is 13.7. The van der Waals surface area contributed by atoms with Crippen LogP contribution in [-0.4, -0.2) is 61.3 Å². The van der Waals surface area contributed by atoms with Crippen molar-refractivity contribution in [1.82, 2.24) is 4.90 Å². The number of esters is 1. The van der Waals surface area contributed by atoms with Gasteiger partial charge in [0.05, 0.1) is 11.3 Å². The highest BCUT2D eigenvalue weighted by atomic mass is 16.6. The standard InChI is InChI=1S/C34H43N3O5/c1-23-15-17-26(36(8)19-20-37(9)32(40)42-34(5,6)7)22-28(23)30(38)35-29-21-25(24-13-11-10-12-14-24)16-18-27(29)31(39)41-33(2,3)4/h10-18,21-22H,19-20H2,1-9H3,(H,35,38). The summed E-state index contributed by atoms with van der Waals surface area (Å²) in [6, 6.07) is 20.7. The van der Waals surface area contributed by atoms with Crippen LogP contribution in [0.2, 0.25) is 0 Å². The fourth-order valence-electron chi connectivity index (χ4n) is 4.11. The smallest absolute Gasteiger partial charge is 0.410 e. The summed E-state index contributed by atoms with van der Waals surface area (Å²) in [5, 5.41) is 2.97. The summed E-state index contributed by atoms with van der Waals surface area (Å²) in [6.07, 6.45) is -0.390. The third-order valence-electron chi connectivity index (χ3n) is 6.38. The molecule has 0 aliphatic heterocycles. The van der Waals surface area contributed by atoms with E-state index in [2.05, 4.69) is 5.32 Å². The maximum Gasteiger partial charge on any atom is 0.410 e. The summed E-state index contributed by atoms with van der Waals surface area (Å²) in [6.45, 7) is 13.7. The number of carbonyl (C=O) groups is 3. The lowest BCUT2D eigenvalue weighted by molar-refractivity contribution is 0.00702. The van der Waals surface area contributed by atoms with Gasteiger partial charge in [-0.15, -0.1) is 0 Å². The van der Waals surface area contributed by atoms with Crippen LogP contribution in [-0.2, 0) is 9.47 Å². The second kappa shape index (κ2) is 13.1. The molecule has 0 fully saturated rings. The van der Waals surface area contributed by atoms with Gasteiger partial charge >= 0.3 is 12.1 Å². The first-order valence-electron chi connectivity index (χ1n) is 14.0. The monoisotopic (exact) mass is 573 g/mol. The number of ether oxygens (including phenoxy) is 2. The van der Waals surface area contributed by atoms with Crippen LogP contribution in [0.15, 0.2) is 66.7 Å². The number of hydrogen-bond acceptors (Lipinski definition) is 6. The molecule has 0 aliphatic rings. The number of hydrogen-bond donors (Lipinski definition) is 1. The van der Waals surface area contributed by atoms with Crippen molar-refractivity contribution in [2.24, 2.45) is 0 Å². The minimum absolute atomic E-state index is 0.272. The van der Waals surface area contributed by atoms with Crippen molar-refractivity contribution >= 4 is 29.3 Å². The molecule has 0 atom stereocenters. The highest BCUT2D eigenvalue weighted by Gasteiger charge is 2.23. The first kappa shape index (κ1) is 32.2. The molecule has 3 rings (SSSR count). The average molecular weight is 574 g/mol. The van der Waals surface area contributed by atoms with Crippen LogP contribution in [0.5, 0.6) is 0 Å². The first-order chi connectivity index (χ1) is 19.5. The molecule has 0 radical (unpaired) electrons. The van der Waals surface area contributed by atoms with Crippen molar-refractivity contribution in [3.05, 3.63) is 83.4 Å². The predicted octanol–water partition coefficient (Wildman–Crippen LogP) is 7.17. The summed E-state index contributed by atoms with van der Waals surface area (Å²) < 4.78 is 11.1. The van der Waals surface area contributed by atoms with Crippen LogP contribution in [0.1, 0.15) is 67.8 Å². The van der Waals surface area contributed by atoms with E-state index in [1.807, 2.05) is 94.2 Å². The lowest BCUT2D eigenvalue weighted by atomic mass is 10.0. The molecule has 0 aliphatic carbocycles. The van der Waals surface area contributed by atoms with Gasteiger partial charge in [-0.05, 0) is 89.4 Å². The Morgan fingerprint density at radius 2 is 1.38 bits per heavy atom. The fourth-order valence-corrected chi connectivity index (χ4v) is 4.11. The van der Waals surface area contributed by atoms with E-state index < -0.39 is 23.3 Å². The molecule has 8 nitrogen and oxygen atoms in total. The predicted molar refractivity (Wildman–Crippen MR) is 168 cm³/mol. The maximum atomic E-state index is 13.7. The zero-order valence-electron chi connectivity index (χ0n) is 26.2. The number of nitrogens with one attached hydrogen (secondary N) is 1. The van der Waals surface area contributed by atoms with Crippen LogP contribution in [0.25, 0.3) is 11.1 Å². The number of aryl methyl sites for hydroxylation is 1. The van der Waals surface area contributed by atoms with Crippen molar-refractivity contribution in [3.63, 3.8) is 0 Å². The van der Waals surface area contributed by atoms with Crippen LogP contribution in [0.4, 0.5) is 16.2 Å². The van der Waals surface area contributed by atoms with Crippen molar-refractivity contribution in [1.29, 1.82) is 0 Å². The van der Waals surface area contributed by atoms with E-state index >= 15 is 0 Å². The Morgan fingerprint density at radius 3 is 2.00 bits per heavy atom. The number of carbonyl (C=O) groups excluding carboxylic acids is 3. The van der Waals surface area contributed by atoms with Crippen LogP contribution in [0.3, 0.4) is 0 Å². The Morgan fingerprint density at radius 1 is 0.738 bits per heavy atom. The number of benzene rings is 3. The molecule has 3 aromatic rings. The van der Waals surface area contributed by atoms with Gasteiger partial charge in [0.25, 0.3) is 5.91 Å². The second-order valence-electron chi connectivity index (χ2n) is 12.4.